The minimum absolute atomic E-state index is 0.232. The van der Waals surface area contributed by atoms with Gasteiger partial charge in [0, 0.05) is 18.7 Å². The molecule has 0 aliphatic heterocycles. The zero-order valence-electron chi connectivity index (χ0n) is 10.3. The molecular weight excluding hydrogens is 233 g/mol. The normalized spacial score (nSPS) is 10.6. The van der Waals surface area contributed by atoms with Crippen LogP contribution in [-0.2, 0) is 13.1 Å². The van der Waals surface area contributed by atoms with E-state index in [0.29, 0.717) is 17.1 Å². The molecule has 0 fully saturated rings. The third kappa shape index (κ3) is 2.87. The summed E-state index contributed by atoms with van der Waals surface area (Å²) in [5, 5.41) is 4.16. The number of hydrogen-bond acceptors (Lipinski definition) is 3. The van der Waals surface area contributed by atoms with E-state index in [4.69, 9.17) is 10.5 Å². The summed E-state index contributed by atoms with van der Waals surface area (Å²) >= 11 is 0. The summed E-state index contributed by atoms with van der Waals surface area (Å²) in [5.41, 5.74) is 6.20. The van der Waals surface area contributed by atoms with Gasteiger partial charge in [0.2, 0.25) is 0 Å². The molecule has 0 radical (unpaired) electrons. The van der Waals surface area contributed by atoms with Crippen molar-refractivity contribution in [3.8, 4) is 11.5 Å². The summed E-state index contributed by atoms with van der Waals surface area (Å²) < 4.78 is 20.5. The Morgan fingerprint density at radius 2 is 2.28 bits per heavy atom. The molecule has 1 aromatic heterocycles. The number of nitrogens with two attached hydrogens (primary N) is 1. The Bertz CT molecular complexity index is 525. The molecule has 2 rings (SSSR count). The molecule has 2 aromatic rings. The average molecular weight is 249 g/mol. The molecule has 5 heteroatoms. The smallest absolute Gasteiger partial charge is 0.165 e. The Morgan fingerprint density at radius 1 is 1.44 bits per heavy atom. The number of rotatable bonds is 5. The fraction of sp³-hybridized carbons (Fsp3) is 0.308. The Labute approximate surface area is 105 Å². The van der Waals surface area contributed by atoms with Crippen LogP contribution in [0.1, 0.15) is 18.9 Å². The number of aryl methyl sites for hydroxylation is 1. The van der Waals surface area contributed by atoms with Crippen molar-refractivity contribution >= 4 is 0 Å². The van der Waals surface area contributed by atoms with E-state index in [2.05, 4.69) is 12.0 Å². The molecule has 0 amide bonds. The predicted octanol–water partition coefficient (Wildman–Crippen LogP) is 2.68. The molecule has 0 aliphatic carbocycles. The number of ether oxygens (including phenoxy) is 1. The third-order valence-electron chi connectivity index (χ3n) is 2.53. The maximum Gasteiger partial charge on any atom is 0.165 e. The lowest BCUT2D eigenvalue weighted by Crippen LogP contribution is -2.00. The van der Waals surface area contributed by atoms with Gasteiger partial charge in [-0.3, -0.25) is 4.68 Å². The molecule has 0 saturated carbocycles. The van der Waals surface area contributed by atoms with Crippen LogP contribution in [0, 0.1) is 5.82 Å². The first kappa shape index (κ1) is 12.6. The first-order chi connectivity index (χ1) is 8.72. The van der Waals surface area contributed by atoms with E-state index in [9.17, 15) is 4.39 Å². The molecule has 2 N–H and O–H groups in total. The second-order valence-electron chi connectivity index (χ2n) is 4.00. The highest BCUT2D eigenvalue weighted by atomic mass is 19.1. The second-order valence-corrected chi connectivity index (χ2v) is 4.00. The number of aromatic nitrogens is 2. The highest BCUT2D eigenvalue weighted by Crippen LogP contribution is 2.25. The Morgan fingerprint density at radius 3 is 3.00 bits per heavy atom. The van der Waals surface area contributed by atoms with Gasteiger partial charge < -0.3 is 10.5 Å². The van der Waals surface area contributed by atoms with Crippen molar-refractivity contribution in [2.24, 2.45) is 5.73 Å². The van der Waals surface area contributed by atoms with E-state index in [1.54, 1.807) is 16.9 Å². The number of nitrogens with zero attached hydrogens (tertiary/aromatic N) is 2. The van der Waals surface area contributed by atoms with Gasteiger partial charge in [0.1, 0.15) is 11.6 Å². The molecule has 0 aliphatic rings. The van der Waals surface area contributed by atoms with Crippen molar-refractivity contribution in [1.29, 1.82) is 0 Å². The summed E-state index contributed by atoms with van der Waals surface area (Å²) in [4.78, 5) is 0. The van der Waals surface area contributed by atoms with E-state index in [0.717, 1.165) is 13.0 Å². The van der Waals surface area contributed by atoms with Crippen LogP contribution < -0.4 is 10.5 Å². The maximum absolute atomic E-state index is 13.0. The van der Waals surface area contributed by atoms with E-state index in [1.807, 2.05) is 6.20 Å². The van der Waals surface area contributed by atoms with Gasteiger partial charge >= 0.3 is 0 Å². The van der Waals surface area contributed by atoms with Crippen LogP contribution in [0.15, 0.2) is 30.6 Å². The SMILES string of the molecule is CCCn1cc(Oc2ccc(F)cc2CN)cn1. The van der Waals surface area contributed by atoms with Crippen LogP contribution in [0.25, 0.3) is 0 Å². The number of hydrogen-bond donors (Lipinski definition) is 1. The zero-order chi connectivity index (χ0) is 13.0. The molecule has 0 atom stereocenters. The first-order valence-electron chi connectivity index (χ1n) is 5.91. The number of halogens is 1. The third-order valence-corrected chi connectivity index (χ3v) is 2.53. The van der Waals surface area contributed by atoms with E-state index in [1.165, 1.54) is 12.1 Å². The lowest BCUT2D eigenvalue weighted by Gasteiger charge is -2.07. The molecule has 0 bridgehead atoms. The van der Waals surface area contributed by atoms with Crippen LogP contribution in [0.2, 0.25) is 0 Å². The minimum atomic E-state index is -0.315. The summed E-state index contributed by atoms with van der Waals surface area (Å²) in [7, 11) is 0. The summed E-state index contributed by atoms with van der Waals surface area (Å²) in [6.45, 7) is 3.15. The van der Waals surface area contributed by atoms with E-state index in [-0.39, 0.29) is 12.4 Å². The molecule has 0 unspecified atom stereocenters. The highest BCUT2D eigenvalue weighted by Gasteiger charge is 2.07. The van der Waals surface area contributed by atoms with Crippen molar-refractivity contribution in [2.45, 2.75) is 26.4 Å². The predicted molar refractivity (Wildman–Crippen MR) is 66.9 cm³/mol. The van der Waals surface area contributed by atoms with Gasteiger partial charge in [0.15, 0.2) is 5.75 Å². The van der Waals surface area contributed by atoms with Gasteiger partial charge in [0.25, 0.3) is 0 Å². The van der Waals surface area contributed by atoms with E-state index >= 15 is 0 Å². The zero-order valence-corrected chi connectivity index (χ0v) is 10.3. The quantitative estimate of drug-likeness (QED) is 0.886. The van der Waals surface area contributed by atoms with Crippen molar-refractivity contribution in [3.63, 3.8) is 0 Å². The average Bonchev–Trinajstić information content (AvgIpc) is 2.79. The first-order valence-corrected chi connectivity index (χ1v) is 5.91. The highest BCUT2D eigenvalue weighted by molar-refractivity contribution is 5.37. The molecule has 4 nitrogen and oxygen atoms in total. The topological polar surface area (TPSA) is 53.1 Å². The van der Waals surface area contributed by atoms with Gasteiger partial charge in [-0.25, -0.2) is 4.39 Å². The fourth-order valence-electron chi connectivity index (χ4n) is 1.68. The lowest BCUT2D eigenvalue weighted by molar-refractivity contribution is 0.472. The molecular formula is C13H16FN3O. The van der Waals surface area contributed by atoms with Crippen LogP contribution in [-0.4, -0.2) is 9.78 Å². The van der Waals surface area contributed by atoms with Gasteiger partial charge in [-0.05, 0) is 24.6 Å². The number of benzene rings is 1. The van der Waals surface area contributed by atoms with Crippen LogP contribution in [0.4, 0.5) is 4.39 Å². The molecule has 18 heavy (non-hydrogen) atoms. The Kier molecular flexibility index (Phi) is 3.94. The van der Waals surface area contributed by atoms with Gasteiger partial charge in [-0.15, -0.1) is 0 Å². The molecule has 96 valence electrons. The molecule has 0 spiro atoms. The standard InChI is InChI=1S/C13H16FN3O/c1-2-5-17-9-12(8-16-17)18-13-4-3-11(14)6-10(13)7-15/h3-4,6,8-9H,2,5,7,15H2,1H3. The summed E-state index contributed by atoms with van der Waals surface area (Å²) in [6.07, 6.45) is 4.46. The van der Waals surface area contributed by atoms with Crippen LogP contribution in [0.3, 0.4) is 0 Å². The summed E-state index contributed by atoms with van der Waals surface area (Å²) in [6, 6.07) is 4.31. The van der Waals surface area contributed by atoms with Crippen molar-refractivity contribution in [1.82, 2.24) is 9.78 Å². The largest absolute Gasteiger partial charge is 0.454 e. The van der Waals surface area contributed by atoms with Crippen LogP contribution >= 0.6 is 0 Å². The molecule has 1 heterocycles. The molecule has 0 saturated heterocycles. The van der Waals surface area contributed by atoms with Crippen molar-refractivity contribution in [2.75, 3.05) is 0 Å². The van der Waals surface area contributed by atoms with Gasteiger partial charge in [0.05, 0.1) is 12.4 Å². The summed E-state index contributed by atoms with van der Waals surface area (Å²) in [5.74, 6) is 0.879. The van der Waals surface area contributed by atoms with E-state index < -0.39 is 0 Å². The fourth-order valence-corrected chi connectivity index (χ4v) is 1.68. The lowest BCUT2D eigenvalue weighted by atomic mass is 10.2. The van der Waals surface area contributed by atoms with Gasteiger partial charge in [-0.2, -0.15) is 5.10 Å². The second kappa shape index (κ2) is 5.64. The Balaban J connectivity index is 2.17. The van der Waals surface area contributed by atoms with Gasteiger partial charge in [-0.1, -0.05) is 6.92 Å². The monoisotopic (exact) mass is 249 g/mol. The van der Waals surface area contributed by atoms with Crippen molar-refractivity contribution < 1.29 is 9.13 Å². The minimum Gasteiger partial charge on any atom is -0.454 e. The molecule has 1 aromatic carbocycles. The Hall–Kier alpha value is -1.88. The van der Waals surface area contributed by atoms with Crippen LogP contribution in [0.5, 0.6) is 11.5 Å². The maximum atomic E-state index is 13.0. The van der Waals surface area contributed by atoms with Crippen molar-refractivity contribution in [3.05, 3.63) is 42.0 Å².